The van der Waals surface area contributed by atoms with Crippen LogP contribution in [0.2, 0.25) is 0 Å². The molecular weight excluding hydrogens is 521 g/mol. The van der Waals surface area contributed by atoms with Gasteiger partial charge in [-0.2, -0.15) is 0 Å². The number of anilines is 1. The van der Waals surface area contributed by atoms with Crippen molar-refractivity contribution in [2.45, 2.75) is 51.2 Å². The normalized spacial score (nSPS) is 12.1. The predicted octanol–water partition coefficient (Wildman–Crippen LogP) is 4.36. The van der Waals surface area contributed by atoms with Crippen molar-refractivity contribution in [3.63, 3.8) is 0 Å². The van der Waals surface area contributed by atoms with Gasteiger partial charge >= 0.3 is 0 Å². The summed E-state index contributed by atoms with van der Waals surface area (Å²) < 4.78 is 49.0. The summed E-state index contributed by atoms with van der Waals surface area (Å²) in [6, 6.07) is 19.0. The molecule has 1 N–H and O–H groups in total. The third kappa shape index (κ3) is 7.35. The smallest absolute Gasteiger partial charge is 0.264 e. The molecule has 0 heterocycles. The van der Waals surface area contributed by atoms with Crippen molar-refractivity contribution in [3.05, 3.63) is 90.2 Å². The van der Waals surface area contributed by atoms with Crippen LogP contribution in [0.25, 0.3) is 0 Å². The third-order valence-corrected chi connectivity index (χ3v) is 7.71. The van der Waals surface area contributed by atoms with Crippen molar-refractivity contribution in [2.75, 3.05) is 17.5 Å². The zero-order chi connectivity index (χ0) is 28.6. The fourth-order valence-electron chi connectivity index (χ4n) is 3.97. The summed E-state index contributed by atoms with van der Waals surface area (Å²) in [6.07, 6.45) is 0. The van der Waals surface area contributed by atoms with Gasteiger partial charge in [-0.25, -0.2) is 12.8 Å². The molecule has 3 aromatic rings. The lowest BCUT2D eigenvalue weighted by Crippen LogP contribution is -2.52. The number of amides is 2. The second-order valence-corrected chi connectivity index (χ2v) is 11.0. The van der Waals surface area contributed by atoms with Crippen molar-refractivity contribution in [2.24, 2.45) is 0 Å². The molecule has 0 saturated carbocycles. The number of nitrogens with zero attached hydrogens (tertiary/aromatic N) is 2. The highest BCUT2D eigenvalue weighted by Gasteiger charge is 2.34. The topological polar surface area (TPSA) is 96.0 Å². The molecule has 0 unspecified atom stereocenters. The Morgan fingerprint density at radius 2 is 1.54 bits per heavy atom. The minimum atomic E-state index is -4.24. The summed E-state index contributed by atoms with van der Waals surface area (Å²) in [5.74, 6) is -1.39. The zero-order valence-corrected chi connectivity index (χ0v) is 23.3. The van der Waals surface area contributed by atoms with Gasteiger partial charge in [0.15, 0.2) is 0 Å². The maximum absolute atomic E-state index is 14.6. The van der Waals surface area contributed by atoms with E-state index in [-0.39, 0.29) is 41.1 Å². The first-order valence-electron chi connectivity index (χ1n) is 12.7. The maximum atomic E-state index is 14.6. The van der Waals surface area contributed by atoms with Gasteiger partial charge in [0, 0.05) is 18.2 Å². The van der Waals surface area contributed by atoms with Crippen LogP contribution >= 0.6 is 0 Å². The summed E-state index contributed by atoms with van der Waals surface area (Å²) in [6.45, 7) is 6.26. The molecule has 3 aromatic carbocycles. The lowest BCUT2D eigenvalue weighted by molar-refractivity contribution is -0.139. The summed E-state index contributed by atoms with van der Waals surface area (Å²) >= 11 is 0. The van der Waals surface area contributed by atoms with E-state index in [0.717, 1.165) is 4.31 Å². The van der Waals surface area contributed by atoms with Crippen LogP contribution in [0.5, 0.6) is 5.75 Å². The Labute approximate surface area is 229 Å². The SMILES string of the molecule is CCOc1ccccc1N(CC(=O)N(Cc1ccccc1F)[C@H](C)C(=O)NC(C)C)S(=O)(=O)c1ccccc1. The van der Waals surface area contributed by atoms with E-state index in [2.05, 4.69) is 5.32 Å². The minimum absolute atomic E-state index is 0.0182. The lowest BCUT2D eigenvalue weighted by atomic mass is 10.1. The van der Waals surface area contributed by atoms with E-state index in [1.54, 1.807) is 69.3 Å². The first-order chi connectivity index (χ1) is 18.6. The van der Waals surface area contributed by atoms with E-state index in [0.29, 0.717) is 0 Å². The van der Waals surface area contributed by atoms with Gasteiger partial charge in [0.2, 0.25) is 11.8 Å². The van der Waals surface area contributed by atoms with E-state index in [4.69, 9.17) is 4.74 Å². The van der Waals surface area contributed by atoms with E-state index in [9.17, 15) is 22.4 Å². The number of carbonyl (C=O) groups excluding carboxylic acids is 2. The van der Waals surface area contributed by atoms with Gasteiger partial charge < -0.3 is 15.0 Å². The van der Waals surface area contributed by atoms with Gasteiger partial charge in [0.25, 0.3) is 10.0 Å². The molecule has 3 rings (SSSR count). The van der Waals surface area contributed by atoms with Crippen molar-refractivity contribution < 1.29 is 27.1 Å². The number of ether oxygens (including phenoxy) is 1. The molecule has 10 heteroatoms. The summed E-state index contributed by atoms with van der Waals surface area (Å²) in [5, 5.41) is 2.77. The highest BCUT2D eigenvalue weighted by Crippen LogP contribution is 2.33. The zero-order valence-electron chi connectivity index (χ0n) is 22.5. The number of para-hydroxylation sites is 2. The number of rotatable bonds is 12. The number of hydrogen-bond donors (Lipinski definition) is 1. The average molecular weight is 556 g/mol. The quantitative estimate of drug-likeness (QED) is 0.358. The number of carbonyl (C=O) groups is 2. The Balaban J connectivity index is 2.08. The second kappa shape index (κ2) is 13.2. The molecule has 39 heavy (non-hydrogen) atoms. The third-order valence-electron chi connectivity index (χ3n) is 5.94. The van der Waals surface area contributed by atoms with Crippen molar-refractivity contribution in [1.29, 1.82) is 0 Å². The Bertz CT molecular complexity index is 1380. The number of hydrogen-bond acceptors (Lipinski definition) is 5. The number of benzene rings is 3. The molecular formula is C29H34FN3O5S. The molecule has 208 valence electrons. The number of nitrogens with one attached hydrogen (secondary N) is 1. The van der Waals surface area contributed by atoms with Crippen LogP contribution in [0.1, 0.15) is 33.3 Å². The summed E-state index contributed by atoms with van der Waals surface area (Å²) in [4.78, 5) is 28.0. The highest BCUT2D eigenvalue weighted by atomic mass is 32.2. The fourth-order valence-corrected chi connectivity index (χ4v) is 5.42. The molecule has 0 saturated heterocycles. The molecule has 0 fully saturated rings. The Hall–Kier alpha value is -3.92. The Morgan fingerprint density at radius 3 is 2.18 bits per heavy atom. The molecule has 8 nitrogen and oxygen atoms in total. The van der Waals surface area contributed by atoms with Crippen LogP contribution in [-0.2, 0) is 26.2 Å². The van der Waals surface area contributed by atoms with Gasteiger partial charge in [-0.05, 0) is 58.0 Å². The van der Waals surface area contributed by atoms with Gasteiger partial charge in [-0.1, -0.05) is 48.5 Å². The predicted molar refractivity (Wildman–Crippen MR) is 148 cm³/mol. The van der Waals surface area contributed by atoms with E-state index in [1.807, 2.05) is 0 Å². The monoisotopic (exact) mass is 555 g/mol. The van der Waals surface area contributed by atoms with Gasteiger partial charge in [0.1, 0.15) is 24.2 Å². The van der Waals surface area contributed by atoms with Crippen molar-refractivity contribution >= 4 is 27.5 Å². The van der Waals surface area contributed by atoms with E-state index < -0.39 is 40.2 Å². The maximum Gasteiger partial charge on any atom is 0.264 e. The van der Waals surface area contributed by atoms with Crippen LogP contribution in [0.4, 0.5) is 10.1 Å². The highest BCUT2D eigenvalue weighted by molar-refractivity contribution is 7.92. The Kier molecular flexibility index (Phi) is 10.1. The second-order valence-electron chi connectivity index (χ2n) is 9.18. The number of sulfonamides is 1. The van der Waals surface area contributed by atoms with Gasteiger partial charge in [0.05, 0.1) is 17.2 Å². The molecule has 2 amide bonds. The molecule has 0 aliphatic carbocycles. The molecule has 0 aliphatic heterocycles. The molecule has 0 spiro atoms. The summed E-state index contributed by atoms with van der Waals surface area (Å²) in [5.41, 5.74) is 0.365. The molecule has 0 aliphatic rings. The average Bonchev–Trinajstić information content (AvgIpc) is 2.91. The van der Waals surface area contributed by atoms with E-state index >= 15 is 0 Å². The lowest BCUT2D eigenvalue weighted by Gasteiger charge is -2.32. The molecule has 0 bridgehead atoms. The van der Waals surface area contributed by atoms with Crippen LogP contribution in [0.3, 0.4) is 0 Å². The molecule has 1 atom stereocenters. The van der Waals surface area contributed by atoms with Crippen molar-refractivity contribution in [3.8, 4) is 5.75 Å². The molecule has 0 aromatic heterocycles. The van der Waals surface area contributed by atoms with Crippen LogP contribution in [0.15, 0.2) is 83.8 Å². The Morgan fingerprint density at radius 1 is 0.923 bits per heavy atom. The molecule has 0 radical (unpaired) electrons. The number of halogens is 1. The first kappa shape index (κ1) is 29.6. The van der Waals surface area contributed by atoms with E-state index in [1.165, 1.54) is 42.2 Å². The summed E-state index contributed by atoms with van der Waals surface area (Å²) in [7, 11) is -4.24. The van der Waals surface area contributed by atoms with Crippen LogP contribution in [0, 0.1) is 5.82 Å². The largest absolute Gasteiger partial charge is 0.492 e. The minimum Gasteiger partial charge on any atom is -0.492 e. The first-order valence-corrected chi connectivity index (χ1v) is 14.1. The fraction of sp³-hybridized carbons (Fsp3) is 0.310. The standard InChI is InChI=1S/C29H34FN3O5S/c1-5-38-27-18-12-11-17-26(27)33(39(36,37)24-14-7-6-8-15-24)20-28(34)32(22(4)29(35)31-21(2)3)19-23-13-9-10-16-25(23)30/h6-18,21-22H,5,19-20H2,1-4H3,(H,31,35)/t22-/m1/s1. The van der Waals surface area contributed by atoms with Crippen LogP contribution < -0.4 is 14.4 Å². The van der Waals surface area contributed by atoms with Gasteiger partial charge in [-0.3, -0.25) is 13.9 Å². The van der Waals surface area contributed by atoms with Crippen molar-refractivity contribution in [1.82, 2.24) is 10.2 Å². The van der Waals surface area contributed by atoms with Gasteiger partial charge in [-0.15, -0.1) is 0 Å². The van der Waals surface area contributed by atoms with Crippen LogP contribution in [-0.4, -0.2) is 50.4 Å².